The third-order valence-electron chi connectivity index (χ3n) is 5.05. The van der Waals surface area contributed by atoms with E-state index in [1.807, 2.05) is 11.0 Å². The summed E-state index contributed by atoms with van der Waals surface area (Å²) in [5.74, 6) is 0.440. The number of carbonyl (C=O) groups excluding carboxylic acids is 2. The van der Waals surface area contributed by atoms with E-state index in [9.17, 15) is 9.59 Å². The summed E-state index contributed by atoms with van der Waals surface area (Å²) in [6, 6.07) is 8.37. The van der Waals surface area contributed by atoms with Gasteiger partial charge in [0.05, 0.1) is 6.54 Å². The van der Waals surface area contributed by atoms with Crippen molar-refractivity contribution in [3.63, 3.8) is 0 Å². The first-order valence-corrected chi connectivity index (χ1v) is 8.46. The number of amides is 2. The number of carbonyl (C=O) groups is 2. The van der Waals surface area contributed by atoms with Gasteiger partial charge >= 0.3 is 0 Å². The van der Waals surface area contributed by atoms with Crippen molar-refractivity contribution < 1.29 is 9.59 Å². The first-order chi connectivity index (χ1) is 11.2. The molecule has 1 saturated heterocycles. The van der Waals surface area contributed by atoms with Crippen molar-refractivity contribution in [2.45, 2.75) is 25.8 Å². The highest BCUT2D eigenvalue weighted by Gasteiger charge is 2.27. The lowest BCUT2D eigenvalue weighted by atomic mass is 9.96. The van der Waals surface area contributed by atoms with Crippen molar-refractivity contribution in [3.05, 3.63) is 35.4 Å². The zero-order valence-corrected chi connectivity index (χ0v) is 13.8. The molecule has 5 nitrogen and oxygen atoms in total. The number of hydrogen-bond acceptors (Lipinski definition) is 3. The quantitative estimate of drug-likeness (QED) is 0.906. The first-order valence-electron chi connectivity index (χ1n) is 8.46. The zero-order valence-electron chi connectivity index (χ0n) is 13.8. The number of likely N-dealkylation sites (tertiary alicyclic amines) is 1. The highest BCUT2D eigenvalue weighted by Crippen LogP contribution is 2.20. The molecule has 0 unspecified atom stereocenters. The molecule has 1 N–H and O–H groups in total. The van der Waals surface area contributed by atoms with E-state index in [0.717, 1.165) is 45.4 Å². The summed E-state index contributed by atoms with van der Waals surface area (Å²) < 4.78 is 0. The highest BCUT2D eigenvalue weighted by atomic mass is 16.2. The van der Waals surface area contributed by atoms with Crippen LogP contribution >= 0.6 is 0 Å². The van der Waals surface area contributed by atoms with E-state index >= 15 is 0 Å². The van der Waals surface area contributed by atoms with Crippen LogP contribution in [0.15, 0.2) is 24.3 Å². The van der Waals surface area contributed by atoms with Crippen LogP contribution in [0.5, 0.6) is 0 Å². The van der Waals surface area contributed by atoms with Crippen molar-refractivity contribution in [1.82, 2.24) is 15.1 Å². The monoisotopic (exact) mass is 315 g/mol. The topological polar surface area (TPSA) is 52.7 Å². The van der Waals surface area contributed by atoms with E-state index in [1.165, 1.54) is 11.1 Å². The van der Waals surface area contributed by atoms with Crippen LogP contribution in [-0.2, 0) is 22.6 Å². The molecule has 2 heterocycles. The number of nitrogens with one attached hydrogen (secondary N) is 1. The molecule has 2 aliphatic rings. The van der Waals surface area contributed by atoms with Gasteiger partial charge in [-0.15, -0.1) is 0 Å². The minimum absolute atomic E-state index is 0.105. The number of benzene rings is 1. The van der Waals surface area contributed by atoms with Crippen LogP contribution in [0.2, 0.25) is 0 Å². The van der Waals surface area contributed by atoms with E-state index in [2.05, 4.69) is 28.4 Å². The second-order valence-corrected chi connectivity index (χ2v) is 6.50. The van der Waals surface area contributed by atoms with Gasteiger partial charge in [0.2, 0.25) is 11.8 Å². The molecule has 1 fully saturated rings. The predicted molar refractivity (Wildman–Crippen MR) is 88.8 cm³/mol. The Bertz CT molecular complexity index is 579. The van der Waals surface area contributed by atoms with Crippen molar-refractivity contribution in [2.75, 3.05) is 33.2 Å². The molecule has 3 rings (SSSR count). The Balaban J connectivity index is 1.50. The van der Waals surface area contributed by atoms with Gasteiger partial charge < -0.3 is 10.2 Å². The molecule has 1 aromatic carbocycles. The molecular formula is C18H25N3O2. The molecule has 0 aromatic heterocycles. The third-order valence-corrected chi connectivity index (χ3v) is 5.05. The zero-order chi connectivity index (χ0) is 16.2. The minimum atomic E-state index is 0.105. The molecule has 23 heavy (non-hydrogen) atoms. The molecule has 124 valence electrons. The smallest absolute Gasteiger partial charge is 0.237 e. The SMILES string of the molecule is CNC(=O)C1CCN(CC(=O)N2CCc3ccccc3C2)CC1. The first kappa shape index (κ1) is 16.0. The van der Waals surface area contributed by atoms with Crippen molar-refractivity contribution in [2.24, 2.45) is 5.92 Å². The Labute approximate surface area is 137 Å². The summed E-state index contributed by atoms with van der Waals surface area (Å²) in [6.45, 7) is 3.67. The largest absolute Gasteiger partial charge is 0.359 e. The second kappa shape index (κ2) is 7.13. The van der Waals surface area contributed by atoms with Crippen LogP contribution in [0.4, 0.5) is 0 Å². The van der Waals surface area contributed by atoms with Crippen LogP contribution < -0.4 is 5.32 Å². The van der Waals surface area contributed by atoms with Gasteiger partial charge in [-0.2, -0.15) is 0 Å². The third kappa shape index (κ3) is 3.72. The van der Waals surface area contributed by atoms with Gasteiger partial charge in [0.15, 0.2) is 0 Å². The van der Waals surface area contributed by atoms with Gasteiger partial charge in [0.25, 0.3) is 0 Å². The lowest BCUT2D eigenvalue weighted by molar-refractivity contribution is -0.134. The Kier molecular flexibility index (Phi) is 4.96. The molecule has 0 saturated carbocycles. The highest BCUT2D eigenvalue weighted by molar-refractivity contribution is 5.79. The van der Waals surface area contributed by atoms with Gasteiger partial charge in [0, 0.05) is 26.1 Å². The number of hydrogen-bond donors (Lipinski definition) is 1. The van der Waals surface area contributed by atoms with Crippen molar-refractivity contribution in [1.29, 1.82) is 0 Å². The van der Waals surface area contributed by atoms with E-state index in [0.29, 0.717) is 6.54 Å². The molecule has 1 aromatic rings. The molecule has 0 spiro atoms. The van der Waals surface area contributed by atoms with Crippen LogP contribution in [0.25, 0.3) is 0 Å². The molecular weight excluding hydrogens is 290 g/mol. The number of piperidine rings is 1. The Morgan fingerprint density at radius 3 is 2.52 bits per heavy atom. The lowest BCUT2D eigenvalue weighted by Crippen LogP contribution is -2.46. The number of fused-ring (bicyclic) bond motifs is 1. The maximum Gasteiger partial charge on any atom is 0.237 e. The normalized spacial score (nSPS) is 19.3. The molecule has 0 aliphatic carbocycles. The van der Waals surface area contributed by atoms with Gasteiger partial charge in [-0.05, 0) is 43.5 Å². The fourth-order valence-electron chi connectivity index (χ4n) is 3.56. The molecule has 0 bridgehead atoms. The summed E-state index contributed by atoms with van der Waals surface area (Å²) in [5, 5.41) is 2.72. The van der Waals surface area contributed by atoms with Crippen molar-refractivity contribution in [3.8, 4) is 0 Å². The molecule has 5 heteroatoms. The lowest BCUT2D eigenvalue weighted by Gasteiger charge is -2.34. The van der Waals surface area contributed by atoms with E-state index < -0.39 is 0 Å². The number of rotatable bonds is 3. The summed E-state index contributed by atoms with van der Waals surface area (Å²) >= 11 is 0. The summed E-state index contributed by atoms with van der Waals surface area (Å²) in [6.07, 6.45) is 2.63. The summed E-state index contributed by atoms with van der Waals surface area (Å²) in [7, 11) is 1.69. The fourth-order valence-corrected chi connectivity index (χ4v) is 3.56. The standard InChI is InChI=1S/C18H25N3O2/c1-19-18(23)15-6-9-20(10-7-15)13-17(22)21-11-8-14-4-2-3-5-16(14)12-21/h2-5,15H,6-13H2,1H3,(H,19,23). The van der Waals surface area contributed by atoms with Crippen molar-refractivity contribution >= 4 is 11.8 Å². The van der Waals surface area contributed by atoms with E-state index in [4.69, 9.17) is 0 Å². The minimum Gasteiger partial charge on any atom is -0.359 e. The fraction of sp³-hybridized carbons (Fsp3) is 0.556. The van der Waals surface area contributed by atoms with Gasteiger partial charge in [-0.1, -0.05) is 24.3 Å². The van der Waals surface area contributed by atoms with Crippen LogP contribution in [0, 0.1) is 5.92 Å². The van der Waals surface area contributed by atoms with E-state index in [1.54, 1.807) is 7.05 Å². The van der Waals surface area contributed by atoms with Crippen LogP contribution in [0.1, 0.15) is 24.0 Å². The molecule has 0 atom stereocenters. The maximum atomic E-state index is 12.6. The molecule has 0 radical (unpaired) electrons. The van der Waals surface area contributed by atoms with Gasteiger partial charge in [0.1, 0.15) is 0 Å². The molecule has 2 aliphatic heterocycles. The average Bonchev–Trinajstić information content (AvgIpc) is 2.61. The van der Waals surface area contributed by atoms with Gasteiger partial charge in [-0.3, -0.25) is 14.5 Å². The predicted octanol–water partition coefficient (Wildman–Crippen LogP) is 1.03. The van der Waals surface area contributed by atoms with Gasteiger partial charge in [-0.25, -0.2) is 0 Å². The van der Waals surface area contributed by atoms with E-state index in [-0.39, 0.29) is 17.7 Å². The Hall–Kier alpha value is -1.88. The Morgan fingerprint density at radius 2 is 1.83 bits per heavy atom. The summed E-state index contributed by atoms with van der Waals surface area (Å²) in [4.78, 5) is 28.4. The Morgan fingerprint density at radius 1 is 1.13 bits per heavy atom. The molecule has 2 amide bonds. The second-order valence-electron chi connectivity index (χ2n) is 6.50. The average molecular weight is 315 g/mol. The summed E-state index contributed by atoms with van der Waals surface area (Å²) in [5.41, 5.74) is 2.63. The maximum absolute atomic E-state index is 12.6. The van der Waals surface area contributed by atoms with Crippen LogP contribution in [0.3, 0.4) is 0 Å². The number of nitrogens with zero attached hydrogens (tertiary/aromatic N) is 2. The van der Waals surface area contributed by atoms with Crippen LogP contribution in [-0.4, -0.2) is 54.8 Å².